The maximum absolute atomic E-state index is 12.2. The van der Waals surface area contributed by atoms with Crippen molar-refractivity contribution < 1.29 is 9.53 Å². The van der Waals surface area contributed by atoms with Gasteiger partial charge in [-0.25, -0.2) is 0 Å². The number of amides is 1. The second kappa shape index (κ2) is 7.77. The number of hydrogen-bond acceptors (Lipinski definition) is 6. The Labute approximate surface area is 166 Å². The standard InChI is InChI=1S/C20H19N5O2S/c1-13(2)14-6-8-17(9-7-14)27-11-18(26)22-16-5-3-4-15(10-16)19-24-25-12-21-23-20(25)28-19/h3-10,12-13H,11H2,1-2H3,(H,22,26). The number of fused-ring (bicyclic) bond motifs is 1. The Bertz CT molecular complexity index is 1070. The molecular formula is C20H19N5O2S. The summed E-state index contributed by atoms with van der Waals surface area (Å²) in [6, 6.07) is 15.3. The second-order valence-corrected chi connectivity index (χ2v) is 7.56. The highest BCUT2D eigenvalue weighted by Gasteiger charge is 2.10. The van der Waals surface area contributed by atoms with Gasteiger partial charge in [0.15, 0.2) is 6.61 Å². The molecule has 4 rings (SSSR count). The zero-order chi connectivity index (χ0) is 19.5. The predicted octanol–water partition coefficient (Wildman–Crippen LogP) is 3.99. The van der Waals surface area contributed by atoms with E-state index in [9.17, 15) is 4.79 Å². The summed E-state index contributed by atoms with van der Waals surface area (Å²) in [5.41, 5.74) is 2.82. The fourth-order valence-electron chi connectivity index (χ4n) is 2.70. The molecule has 2 aromatic heterocycles. The number of hydrogen-bond donors (Lipinski definition) is 1. The second-order valence-electron chi connectivity index (χ2n) is 6.61. The van der Waals surface area contributed by atoms with Gasteiger partial charge in [0.25, 0.3) is 5.91 Å². The Morgan fingerprint density at radius 1 is 1.21 bits per heavy atom. The first-order valence-electron chi connectivity index (χ1n) is 8.88. The normalized spacial score (nSPS) is 11.1. The minimum atomic E-state index is -0.219. The highest BCUT2D eigenvalue weighted by molar-refractivity contribution is 7.19. The summed E-state index contributed by atoms with van der Waals surface area (Å²) in [4.78, 5) is 13.0. The molecule has 0 atom stereocenters. The molecule has 4 aromatic rings. The van der Waals surface area contributed by atoms with E-state index < -0.39 is 0 Å². The Morgan fingerprint density at radius 3 is 2.79 bits per heavy atom. The van der Waals surface area contributed by atoms with Gasteiger partial charge in [-0.3, -0.25) is 4.79 Å². The van der Waals surface area contributed by atoms with Crippen LogP contribution in [0.4, 0.5) is 5.69 Å². The number of nitrogens with one attached hydrogen (secondary N) is 1. The lowest BCUT2D eigenvalue weighted by molar-refractivity contribution is -0.118. The van der Waals surface area contributed by atoms with Gasteiger partial charge in [0.05, 0.1) is 0 Å². The number of benzene rings is 2. The average molecular weight is 393 g/mol. The van der Waals surface area contributed by atoms with Crippen LogP contribution in [-0.2, 0) is 4.79 Å². The number of carbonyl (C=O) groups excluding carboxylic acids is 1. The Morgan fingerprint density at radius 2 is 2.04 bits per heavy atom. The van der Waals surface area contributed by atoms with E-state index in [1.165, 1.54) is 16.9 Å². The highest BCUT2D eigenvalue weighted by atomic mass is 32.1. The van der Waals surface area contributed by atoms with Crippen molar-refractivity contribution in [1.29, 1.82) is 0 Å². The van der Waals surface area contributed by atoms with Crippen molar-refractivity contribution in [1.82, 2.24) is 19.8 Å². The number of carbonyl (C=O) groups is 1. The van der Waals surface area contributed by atoms with Gasteiger partial charge in [0.1, 0.15) is 17.1 Å². The van der Waals surface area contributed by atoms with Crippen molar-refractivity contribution in [3.8, 4) is 16.3 Å². The van der Waals surface area contributed by atoms with Crippen molar-refractivity contribution in [2.75, 3.05) is 11.9 Å². The molecule has 1 N–H and O–H groups in total. The zero-order valence-electron chi connectivity index (χ0n) is 15.5. The first kappa shape index (κ1) is 18.1. The highest BCUT2D eigenvalue weighted by Crippen LogP contribution is 2.26. The summed E-state index contributed by atoms with van der Waals surface area (Å²) in [6.45, 7) is 4.22. The van der Waals surface area contributed by atoms with Crippen LogP contribution in [0.5, 0.6) is 5.75 Å². The van der Waals surface area contributed by atoms with Gasteiger partial charge in [0, 0.05) is 11.3 Å². The van der Waals surface area contributed by atoms with Gasteiger partial charge in [0.2, 0.25) is 4.96 Å². The zero-order valence-corrected chi connectivity index (χ0v) is 16.3. The molecule has 0 aliphatic heterocycles. The summed E-state index contributed by atoms with van der Waals surface area (Å²) in [5, 5.41) is 15.9. The van der Waals surface area contributed by atoms with Crippen molar-refractivity contribution in [2.45, 2.75) is 19.8 Å². The van der Waals surface area contributed by atoms with Crippen LogP contribution in [0.1, 0.15) is 25.3 Å². The molecule has 0 bridgehead atoms. The maximum atomic E-state index is 12.2. The van der Waals surface area contributed by atoms with E-state index in [4.69, 9.17) is 4.74 Å². The van der Waals surface area contributed by atoms with Crippen LogP contribution in [0.25, 0.3) is 15.5 Å². The lowest BCUT2D eigenvalue weighted by Crippen LogP contribution is -2.20. The third kappa shape index (κ3) is 4.01. The van der Waals surface area contributed by atoms with Gasteiger partial charge in [-0.2, -0.15) is 9.61 Å². The van der Waals surface area contributed by atoms with E-state index in [0.717, 1.165) is 15.5 Å². The summed E-state index contributed by atoms with van der Waals surface area (Å²) < 4.78 is 7.21. The van der Waals surface area contributed by atoms with E-state index in [2.05, 4.69) is 34.5 Å². The third-order valence-corrected chi connectivity index (χ3v) is 5.16. The quantitative estimate of drug-likeness (QED) is 0.536. The minimum absolute atomic E-state index is 0.0536. The van der Waals surface area contributed by atoms with E-state index in [0.29, 0.717) is 17.4 Å². The summed E-state index contributed by atoms with van der Waals surface area (Å²) >= 11 is 1.44. The molecule has 2 heterocycles. The number of rotatable bonds is 6. The van der Waals surface area contributed by atoms with Crippen LogP contribution in [0.3, 0.4) is 0 Å². The van der Waals surface area contributed by atoms with Crippen LogP contribution in [0.15, 0.2) is 54.9 Å². The predicted molar refractivity (Wildman–Crippen MR) is 109 cm³/mol. The van der Waals surface area contributed by atoms with Crippen LogP contribution >= 0.6 is 11.3 Å². The van der Waals surface area contributed by atoms with E-state index in [1.807, 2.05) is 48.5 Å². The fourth-order valence-corrected chi connectivity index (χ4v) is 3.52. The van der Waals surface area contributed by atoms with E-state index in [-0.39, 0.29) is 12.5 Å². The van der Waals surface area contributed by atoms with Crippen LogP contribution in [0, 0.1) is 0 Å². The smallest absolute Gasteiger partial charge is 0.262 e. The van der Waals surface area contributed by atoms with Crippen LogP contribution < -0.4 is 10.1 Å². The number of aromatic nitrogens is 4. The maximum Gasteiger partial charge on any atom is 0.262 e. The SMILES string of the molecule is CC(C)c1ccc(OCC(=O)Nc2cccc(-c3nn4cnnc4s3)c2)cc1. The van der Waals surface area contributed by atoms with Crippen molar-refractivity contribution in [2.24, 2.45) is 0 Å². The summed E-state index contributed by atoms with van der Waals surface area (Å²) in [6.07, 6.45) is 1.56. The van der Waals surface area contributed by atoms with Gasteiger partial charge in [-0.1, -0.05) is 49.4 Å². The molecule has 2 aromatic carbocycles. The van der Waals surface area contributed by atoms with Gasteiger partial charge in [-0.05, 0) is 35.7 Å². The molecule has 7 nitrogen and oxygen atoms in total. The van der Waals surface area contributed by atoms with E-state index >= 15 is 0 Å². The number of ether oxygens (including phenoxy) is 1. The molecule has 0 saturated carbocycles. The van der Waals surface area contributed by atoms with Gasteiger partial charge >= 0.3 is 0 Å². The molecule has 0 aliphatic carbocycles. The molecule has 1 amide bonds. The van der Waals surface area contributed by atoms with Gasteiger partial charge < -0.3 is 10.1 Å². The van der Waals surface area contributed by atoms with Crippen LogP contribution in [-0.4, -0.2) is 32.3 Å². The lowest BCUT2D eigenvalue weighted by atomic mass is 10.0. The average Bonchev–Trinajstić information content (AvgIpc) is 3.29. The van der Waals surface area contributed by atoms with Crippen molar-refractivity contribution in [3.05, 3.63) is 60.4 Å². The molecular weight excluding hydrogens is 374 g/mol. The lowest BCUT2D eigenvalue weighted by Gasteiger charge is -2.10. The molecule has 8 heteroatoms. The summed E-state index contributed by atoms with van der Waals surface area (Å²) in [5.74, 6) is 0.916. The molecule has 142 valence electrons. The monoisotopic (exact) mass is 393 g/mol. The van der Waals surface area contributed by atoms with Gasteiger partial charge in [-0.15, -0.1) is 10.2 Å². The Kier molecular flexibility index (Phi) is 5.03. The molecule has 0 radical (unpaired) electrons. The van der Waals surface area contributed by atoms with Crippen LogP contribution in [0.2, 0.25) is 0 Å². The largest absolute Gasteiger partial charge is 0.484 e. The first-order valence-corrected chi connectivity index (χ1v) is 9.70. The fraction of sp³-hybridized carbons (Fsp3) is 0.200. The number of nitrogens with zero attached hydrogens (tertiary/aromatic N) is 4. The van der Waals surface area contributed by atoms with Crippen molar-refractivity contribution in [3.63, 3.8) is 0 Å². The van der Waals surface area contributed by atoms with Crippen molar-refractivity contribution >= 4 is 27.9 Å². The molecule has 0 aliphatic rings. The molecule has 28 heavy (non-hydrogen) atoms. The third-order valence-electron chi connectivity index (χ3n) is 4.20. The van der Waals surface area contributed by atoms with E-state index in [1.54, 1.807) is 10.8 Å². The number of anilines is 1. The minimum Gasteiger partial charge on any atom is -0.484 e. The Hall–Kier alpha value is -3.26. The molecule has 0 unspecified atom stereocenters. The molecule has 0 fully saturated rings. The molecule has 0 saturated heterocycles. The molecule has 0 spiro atoms. The topological polar surface area (TPSA) is 81.4 Å². The first-order chi connectivity index (χ1) is 13.6. The Balaban J connectivity index is 1.38. The summed E-state index contributed by atoms with van der Waals surface area (Å²) in [7, 11) is 0.